The number of ether oxygens (including phenoxy) is 1. The van der Waals surface area contributed by atoms with Crippen LogP contribution in [0.5, 0.6) is 5.75 Å². The third-order valence-electron chi connectivity index (χ3n) is 2.91. The fourth-order valence-corrected chi connectivity index (χ4v) is 1.78. The van der Waals surface area contributed by atoms with E-state index in [-0.39, 0.29) is 5.91 Å². The van der Waals surface area contributed by atoms with Crippen LogP contribution in [-0.4, -0.2) is 18.4 Å². The molecule has 0 unspecified atom stereocenters. The van der Waals surface area contributed by atoms with E-state index in [1.165, 1.54) is 0 Å². The molecule has 2 aromatic carbocycles. The average molecular weight is 296 g/mol. The summed E-state index contributed by atoms with van der Waals surface area (Å²) in [6.07, 6.45) is 1.65. The van der Waals surface area contributed by atoms with Gasteiger partial charge in [0.25, 0.3) is 5.91 Å². The molecule has 112 valence electrons. The number of nitrogens with two attached hydrogens (primary N) is 1. The molecule has 0 radical (unpaired) electrons. The van der Waals surface area contributed by atoms with E-state index in [1.807, 2.05) is 0 Å². The zero-order valence-corrected chi connectivity index (χ0v) is 11.9. The number of anilines is 1. The second-order valence-electron chi connectivity index (χ2n) is 4.52. The van der Waals surface area contributed by atoms with E-state index in [9.17, 15) is 9.59 Å². The van der Waals surface area contributed by atoms with Gasteiger partial charge in [0, 0.05) is 16.8 Å². The summed E-state index contributed by atoms with van der Waals surface area (Å²) in [5.41, 5.74) is 6.64. The van der Waals surface area contributed by atoms with Crippen molar-refractivity contribution in [3.63, 3.8) is 0 Å². The van der Waals surface area contributed by atoms with Crippen LogP contribution in [0.1, 0.15) is 20.7 Å². The first-order valence-corrected chi connectivity index (χ1v) is 6.65. The number of primary amides is 1. The zero-order valence-electron chi connectivity index (χ0n) is 11.9. The predicted octanol–water partition coefficient (Wildman–Crippen LogP) is 2.60. The highest BCUT2D eigenvalue weighted by Gasteiger charge is 2.07. The van der Waals surface area contributed by atoms with Crippen molar-refractivity contribution in [3.8, 4) is 5.75 Å². The number of hydrogen-bond acceptors (Lipinski definition) is 3. The average Bonchev–Trinajstić information content (AvgIpc) is 2.54. The van der Waals surface area contributed by atoms with Gasteiger partial charge in [0.1, 0.15) is 12.4 Å². The van der Waals surface area contributed by atoms with Crippen LogP contribution in [0.3, 0.4) is 0 Å². The van der Waals surface area contributed by atoms with Gasteiger partial charge >= 0.3 is 0 Å². The molecule has 0 atom stereocenters. The third-order valence-corrected chi connectivity index (χ3v) is 2.91. The maximum Gasteiger partial charge on any atom is 0.255 e. The Kier molecular flexibility index (Phi) is 4.93. The molecule has 0 bridgehead atoms. The Bertz CT molecular complexity index is 676. The summed E-state index contributed by atoms with van der Waals surface area (Å²) in [4.78, 5) is 23.1. The molecule has 2 amide bonds. The van der Waals surface area contributed by atoms with Gasteiger partial charge < -0.3 is 15.8 Å². The molecule has 5 nitrogen and oxygen atoms in total. The first kappa shape index (κ1) is 15.3. The molecule has 5 heteroatoms. The van der Waals surface area contributed by atoms with Crippen molar-refractivity contribution in [2.45, 2.75) is 0 Å². The smallest absolute Gasteiger partial charge is 0.255 e. The molecule has 0 spiro atoms. The molecule has 0 saturated heterocycles. The van der Waals surface area contributed by atoms with Crippen LogP contribution in [0.2, 0.25) is 0 Å². The zero-order chi connectivity index (χ0) is 15.9. The SMILES string of the molecule is C=CCOc1ccc(C(=O)Nc2ccc(C(N)=O)cc2)cc1. The van der Waals surface area contributed by atoms with Gasteiger partial charge in [0.15, 0.2) is 0 Å². The standard InChI is InChI=1S/C17H16N2O3/c1-2-11-22-15-9-5-13(6-10-15)17(21)19-14-7-3-12(4-8-14)16(18)20/h2-10H,1,11H2,(H2,18,20)(H,19,21). The Morgan fingerprint density at radius 3 is 2.18 bits per heavy atom. The number of nitrogens with one attached hydrogen (secondary N) is 1. The van der Waals surface area contributed by atoms with Crippen LogP contribution in [0.15, 0.2) is 61.2 Å². The van der Waals surface area contributed by atoms with Gasteiger partial charge in [0.2, 0.25) is 5.91 Å². The Morgan fingerprint density at radius 2 is 1.64 bits per heavy atom. The third kappa shape index (κ3) is 3.96. The van der Waals surface area contributed by atoms with Gasteiger partial charge in [-0.25, -0.2) is 0 Å². The predicted molar refractivity (Wildman–Crippen MR) is 85.0 cm³/mol. The van der Waals surface area contributed by atoms with Crippen molar-refractivity contribution in [2.24, 2.45) is 5.73 Å². The van der Waals surface area contributed by atoms with Crippen LogP contribution >= 0.6 is 0 Å². The van der Waals surface area contributed by atoms with Gasteiger partial charge in [-0.3, -0.25) is 9.59 Å². The van der Waals surface area contributed by atoms with Crippen LogP contribution in [0.4, 0.5) is 5.69 Å². The second kappa shape index (κ2) is 7.08. The summed E-state index contributed by atoms with van der Waals surface area (Å²) >= 11 is 0. The molecule has 0 aliphatic heterocycles. The molecule has 0 aliphatic rings. The molecule has 0 fully saturated rings. The van der Waals surface area contributed by atoms with E-state index >= 15 is 0 Å². The molecule has 0 aliphatic carbocycles. The Labute approximate surface area is 128 Å². The lowest BCUT2D eigenvalue weighted by atomic mass is 10.1. The molecule has 2 rings (SSSR count). The maximum atomic E-state index is 12.1. The van der Waals surface area contributed by atoms with Gasteiger partial charge in [-0.05, 0) is 48.5 Å². The van der Waals surface area contributed by atoms with E-state index in [0.717, 1.165) is 0 Å². The highest BCUT2D eigenvalue weighted by molar-refractivity contribution is 6.04. The Hall–Kier alpha value is -3.08. The monoisotopic (exact) mass is 296 g/mol. The summed E-state index contributed by atoms with van der Waals surface area (Å²) in [7, 11) is 0. The molecule has 3 N–H and O–H groups in total. The number of rotatable bonds is 6. The molecule has 2 aromatic rings. The van der Waals surface area contributed by atoms with Crippen molar-refractivity contribution < 1.29 is 14.3 Å². The Balaban J connectivity index is 2.02. The number of hydrogen-bond donors (Lipinski definition) is 2. The van der Waals surface area contributed by atoms with E-state index in [0.29, 0.717) is 29.2 Å². The topological polar surface area (TPSA) is 81.4 Å². The van der Waals surface area contributed by atoms with Crippen molar-refractivity contribution in [1.29, 1.82) is 0 Å². The lowest BCUT2D eigenvalue weighted by molar-refractivity contribution is 0.0998. The maximum absolute atomic E-state index is 12.1. The second-order valence-corrected chi connectivity index (χ2v) is 4.52. The van der Waals surface area contributed by atoms with Crippen molar-refractivity contribution >= 4 is 17.5 Å². The minimum Gasteiger partial charge on any atom is -0.490 e. The van der Waals surface area contributed by atoms with E-state index < -0.39 is 5.91 Å². The summed E-state index contributed by atoms with van der Waals surface area (Å²) in [5.74, 6) is -0.0858. The van der Waals surface area contributed by atoms with E-state index in [1.54, 1.807) is 54.6 Å². The fraction of sp³-hybridized carbons (Fsp3) is 0.0588. The minimum atomic E-state index is -0.506. The Morgan fingerprint density at radius 1 is 1.05 bits per heavy atom. The molecular weight excluding hydrogens is 280 g/mol. The van der Waals surface area contributed by atoms with Crippen LogP contribution in [0.25, 0.3) is 0 Å². The van der Waals surface area contributed by atoms with Gasteiger partial charge in [-0.1, -0.05) is 12.7 Å². The normalized spacial score (nSPS) is 9.82. The first-order chi connectivity index (χ1) is 10.6. The van der Waals surface area contributed by atoms with Crippen molar-refractivity contribution in [1.82, 2.24) is 0 Å². The number of carbonyl (C=O) groups excluding carboxylic acids is 2. The van der Waals surface area contributed by atoms with Crippen LogP contribution in [0, 0.1) is 0 Å². The van der Waals surface area contributed by atoms with E-state index in [2.05, 4.69) is 11.9 Å². The highest BCUT2D eigenvalue weighted by Crippen LogP contribution is 2.15. The highest BCUT2D eigenvalue weighted by atomic mass is 16.5. The lowest BCUT2D eigenvalue weighted by Crippen LogP contribution is -2.13. The van der Waals surface area contributed by atoms with Crippen molar-refractivity contribution in [2.75, 3.05) is 11.9 Å². The molecule has 0 aromatic heterocycles. The largest absolute Gasteiger partial charge is 0.490 e. The number of amides is 2. The molecular formula is C17H16N2O3. The van der Waals surface area contributed by atoms with E-state index in [4.69, 9.17) is 10.5 Å². The summed E-state index contributed by atoms with van der Waals surface area (Å²) in [6.45, 7) is 3.98. The minimum absolute atomic E-state index is 0.248. The van der Waals surface area contributed by atoms with Crippen LogP contribution in [-0.2, 0) is 0 Å². The molecule has 0 saturated carbocycles. The summed E-state index contributed by atoms with van der Waals surface area (Å²) in [6, 6.07) is 13.1. The number of benzene rings is 2. The quantitative estimate of drug-likeness (QED) is 0.804. The number of carbonyl (C=O) groups is 2. The van der Waals surface area contributed by atoms with Gasteiger partial charge in [-0.15, -0.1) is 0 Å². The summed E-state index contributed by atoms with van der Waals surface area (Å²) in [5, 5.41) is 2.74. The van der Waals surface area contributed by atoms with Crippen molar-refractivity contribution in [3.05, 3.63) is 72.3 Å². The van der Waals surface area contributed by atoms with Gasteiger partial charge in [-0.2, -0.15) is 0 Å². The molecule has 22 heavy (non-hydrogen) atoms. The summed E-state index contributed by atoms with van der Waals surface area (Å²) < 4.78 is 5.35. The van der Waals surface area contributed by atoms with Crippen LogP contribution < -0.4 is 15.8 Å². The first-order valence-electron chi connectivity index (χ1n) is 6.65. The van der Waals surface area contributed by atoms with Gasteiger partial charge in [0.05, 0.1) is 0 Å². The lowest BCUT2D eigenvalue weighted by Gasteiger charge is -2.07. The molecule has 0 heterocycles. The fourth-order valence-electron chi connectivity index (χ4n) is 1.78.